The summed E-state index contributed by atoms with van der Waals surface area (Å²) in [7, 11) is -3.52. The Hall–Kier alpha value is -2.15. The van der Waals surface area contributed by atoms with E-state index in [0.29, 0.717) is 11.3 Å². The summed E-state index contributed by atoms with van der Waals surface area (Å²) in [5.41, 5.74) is 1.19. The molecule has 1 aromatic carbocycles. The maximum Gasteiger partial charge on any atom is 0.335 e. The molecule has 0 spiro atoms. The number of benzene rings is 1. The molecule has 6 nitrogen and oxygen atoms in total. The first kappa shape index (κ1) is 14.3. The van der Waals surface area contributed by atoms with Gasteiger partial charge >= 0.3 is 5.97 Å². The van der Waals surface area contributed by atoms with E-state index >= 15 is 0 Å². The number of sulfone groups is 1. The molecule has 7 heteroatoms. The lowest BCUT2D eigenvalue weighted by atomic mass is 10.0. The standard InChI is InChI=1S/C13H13NO5S/c1-7-6-10(19-14-7)12-8(2)9(13(15)16)4-5-11(12)20(3,17)18/h4-6H,1-3H3,(H,15,16). The molecule has 0 saturated carbocycles. The predicted octanol–water partition coefficient (Wildman–Crippen LogP) is 2.06. The molecule has 0 radical (unpaired) electrons. The fraction of sp³-hybridized carbons (Fsp3) is 0.231. The van der Waals surface area contributed by atoms with E-state index in [0.717, 1.165) is 6.26 Å². The van der Waals surface area contributed by atoms with Crippen LogP contribution < -0.4 is 0 Å². The van der Waals surface area contributed by atoms with Gasteiger partial charge in [-0.1, -0.05) is 5.16 Å². The van der Waals surface area contributed by atoms with Crippen molar-refractivity contribution in [2.45, 2.75) is 18.7 Å². The molecule has 0 atom stereocenters. The molecule has 0 aliphatic rings. The molecule has 1 N–H and O–H groups in total. The third kappa shape index (κ3) is 2.44. The zero-order chi connectivity index (χ0) is 15.1. The molecule has 2 aromatic rings. The maximum absolute atomic E-state index is 11.9. The van der Waals surface area contributed by atoms with Gasteiger partial charge < -0.3 is 9.63 Å². The zero-order valence-electron chi connectivity index (χ0n) is 11.2. The van der Waals surface area contributed by atoms with Gasteiger partial charge in [-0.3, -0.25) is 0 Å². The predicted molar refractivity (Wildman–Crippen MR) is 71.5 cm³/mol. The van der Waals surface area contributed by atoms with E-state index in [9.17, 15) is 13.2 Å². The van der Waals surface area contributed by atoms with Crippen LogP contribution in [0.2, 0.25) is 0 Å². The summed E-state index contributed by atoms with van der Waals surface area (Å²) in [4.78, 5) is 11.2. The molecule has 1 aromatic heterocycles. The Morgan fingerprint density at radius 2 is 1.95 bits per heavy atom. The number of carboxylic acids is 1. The van der Waals surface area contributed by atoms with Crippen molar-refractivity contribution in [3.63, 3.8) is 0 Å². The molecule has 1 heterocycles. The average molecular weight is 295 g/mol. The van der Waals surface area contributed by atoms with E-state index in [2.05, 4.69) is 5.16 Å². The van der Waals surface area contributed by atoms with Crippen LogP contribution in [0.3, 0.4) is 0 Å². The van der Waals surface area contributed by atoms with Crippen molar-refractivity contribution in [2.24, 2.45) is 0 Å². The molecule has 0 amide bonds. The molecule has 0 aliphatic carbocycles. The molecule has 20 heavy (non-hydrogen) atoms. The largest absolute Gasteiger partial charge is 0.478 e. The van der Waals surface area contributed by atoms with E-state index in [1.807, 2.05) is 0 Å². The van der Waals surface area contributed by atoms with Gasteiger partial charge in [0.1, 0.15) is 0 Å². The van der Waals surface area contributed by atoms with Gasteiger partial charge in [0.25, 0.3) is 0 Å². The Balaban J connectivity index is 2.86. The summed E-state index contributed by atoms with van der Waals surface area (Å²) in [5, 5.41) is 12.9. The number of carboxylic acid groups (broad SMARTS) is 1. The SMILES string of the molecule is Cc1cc(-c2c(S(C)(=O)=O)ccc(C(=O)O)c2C)on1. The summed E-state index contributed by atoms with van der Waals surface area (Å²) in [6, 6.07) is 4.13. The second kappa shape index (κ2) is 4.75. The minimum Gasteiger partial charge on any atom is -0.478 e. The van der Waals surface area contributed by atoms with Crippen molar-refractivity contribution in [2.75, 3.05) is 6.26 Å². The van der Waals surface area contributed by atoms with E-state index in [4.69, 9.17) is 9.63 Å². The van der Waals surface area contributed by atoms with Crippen LogP contribution in [-0.2, 0) is 9.84 Å². The average Bonchev–Trinajstić information content (AvgIpc) is 2.73. The van der Waals surface area contributed by atoms with Gasteiger partial charge in [0.05, 0.1) is 16.2 Å². The number of hydrogen-bond donors (Lipinski definition) is 1. The highest BCUT2D eigenvalue weighted by atomic mass is 32.2. The van der Waals surface area contributed by atoms with Crippen molar-refractivity contribution in [1.29, 1.82) is 0 Å². The highest BCUT2D eigenvalue weighted by Gasteiger charge is 2.23. The fourth-order valence-corrected chi connectivity index (χ4v) is 2.95. The molecule has 2 rings (SSSR count). The number of aromatic carboxylic acids is 1. The van der Waals surface area contributed by atoms with Crippen LogP contribution in [0.1, 0.15) is 21.6 Å². The molecular weight excluding hydrogens is 282 g/mol. The van der Waals surface area contributed by atoms with Crippen molar-refractivity contribution >= 4 is 15.8 Å². The summed E-state index contributed by atoms with van der Waals surface area (Å²) < 4.78 is 28.8. The first-order valence-electron chi connectivity index (χ1n) is 5.72. The number of rotatable bonds is 3. The van der Waals surface area contributed by atoms with Gasteiger partial charge in [0.15, 0.2) is 15.6 Å². The lowest BCUT2D eigenvalue weighted by Gasteiger charge is -2.11. The molecule has 0 saturated heterocycles. The lowest BCUT2D eigenvalue weighted by Crippen LogP contribution is -2.06. The van der Waals surface area contributed by atoms with Crippen LogP contribution in [0.15, 0.2) is 27.6 Å². The second-order valence-corrected chi connectivity index (χ2v) is 6.51. The van der Waals surface area contributed by atoms with Crippen LogP contribution in [0, 0.1) is 13.8 Å². The number of carbonyl (C=O) groups is 1. The van der Waals surface area contributed by atoms with Crippen LogP contribution in [-0.4, -0.2) is 30.9 Å². The quantitative estimate of drug-likeness (QED) is 0.930. The van der Waals surface area contributed by atoms with Crippen LogP contribution >= 0.6 is 0 Å². The first-order chi connectivity index (χ1) is 9.21. The lowest BCUT2D eigenvalue weighted by molar-refractivity contribution is 0.0696. The molecule has 0 aliphatic heterocycles. The van der Waals surface area contributed by atoms with Crippen molar-refractivity contribution in [3.8, 4) is 11.3 Å². The third-order valence-corrected chi connectivity index (χ3v) is 4.07. The Labute approximate surface area is 115 Å². The van der Waals surface area contributed by atoms with Gasteiger partial charge in [-0.05, 0) is 31.5 Å². The normalized spacial score (nSPS) is 11.6. The number of nitrogens with zero attached hydrogens (tertiary/aromatic N) is 1. The van der Waals surface area contributed by atoms with E-state index in [1.54, 1.807) is 19.9 Å². The molecule has 0 unspecified atom stereocenters. The monoisotopic (exact) mass is 295 g/mol. The minimum absolute atomic E-state index is 0.0242. The van der Waals surface area contributed by atoms with Crippen molar-refractivity contribution in [3.05, 3.63) is 35.0 Å². The number of aromatic nitrogens is 1. The van der Waals surface area contributed by atoms with Crippen molar-refractivity contribution < 1.29 is 22.8 Å². The van der Waals surface area contributed by atoms with E-state index in [1.165, 1.54) is 12.1 Å². The second-order valence-electron chi connectivity index (χ2n) is 4.52. The highest BCUT2D eigenvalue weighted by molar-refractivity contribution is 7.90. The van der Waals surface area contributed by atoms with Crippen LogP contribution in [0.4, 0.5) is 0 Å². The number of hydrogen-bond acceptors (Lipinski definition) is 5. The molecular formula is C13H13NO5S. The fourth-order valence-electron chi connectivity index (χ4n) is 2.02. The van der Waals surface area contributed by atoms with Crippen LogP contribution in [0.5, 0.6) is 0 Å². The molecule has 106 valence electrons. The molecule has 0 fully saturated rings. The topological polar surface area (TPSA) is 97.5 Å². The third-order valence-electron chi connectivity index (χ3n) is 2.93. The van der Waals surface area contributed by atoms with E-state index in [-0.39, 0.29) is 21.8 Å². The van der Waals surface area contributed by atoms with Gasteiger partial charge in [0, 0.05) is 17.9 Å². The van der Waals surface area contributed by atoms with Gasteiger partial charge in [0.2, 0.25) is 0 Å². The highest BCUT2D eigenvalue weighted by Crippen LogP contribution is 2.33. The van der Waals surface area contributed by atoms with Gasteiger partial charge in [-0.2, -0.15) is 0 Å². The van der Waals surface area contributed by atoms with Crippen LogP contribution in [0.25, 0.3) is 11.3 Å². The summed E-state index contributed by atoms with van der Waals surface area (Å²) >= 11 is 0. The minimum atomic E-state index is -3.52. The Morgan fingerprint density at radius 3 is 2.40 bits per heavy atom. The van der Waals surface area contributed by atoms with Crippen molar-refractivity contribution in [1.82, 2.24) is 5.16 Å². The van der Waals surface area contributed by atoms with E-state index < -0.39 is 15.8 Å². The number of aryl methyl sites for hydroxylation is 1. The summed E-state index contributed by atoms with van der Waals surface area (Å²) in [6.45, 7) is 3.24. The Morgan fingerprint density at radius 1 is 1.30 bits per heavy atom. The zero-order valence-corrected chi connectivity index (χ0v) is 12.0. The smallest absolute Gasteiger partial charge is 0.335 e. The van der Waals surface area contributed by atoms with Gasteiger partial charge in [-0.25, -0.2) is 13.2 Å². The first-order valence-corrected chi connectivity index (χ1v) is 7.61. The summed E-state index contributed by atoms with van der Waals surface area (Å²) in [6.07, 6.45) is 1.06. The van der Waals surface area contributed by atoms with Gasteiger partial charge in [-0.15, -0.1) is 0 Å². The Kier molecular flexibility index (Phi) is 3.39. The summed E-state index contributed by atoms with van der Waals surface area (Å²) in [5.74, 6) is -0.886. The maximum atomic E-state index is 11.9. The Bertz CT molecular complexity index is 789. The molecule has 0 bridgehead atoms.